The second-order valence-electron chi connectivity index (χ2n) is 27.7. The van der Waals surface area contributed by atoms with E-state index in [0.29, 0.717) is 0 Å². The third kappa shape index (κ3) is 7.84. The first kappa shape index (κ1) is 49.6. The van der Waals surface area contributed by atoms with Crippen molar-refractivity contribution < 1.29 is 9.15 Å². The predicted molar refractivity (Wildman–Crippen MR) is 327 cm³/mol. The summed E-state index contributed by atoms with van der Waals surface area (Å²) in [6, 6.07) is 41.8. The number of fused-ring (bicyclic) bond motifs is 9. The fraction of sp³-hybridized carbons (Fsp3) is 0.352. The quantitative estimate of drug-likeness (QED) is 0.164. The molecule has 1 unspecified atom stereocenters. The Morgan fingerprint density at radius 2 is 1.21 bits per heavy atom. The molecule has 0 fully saturated rings. The van der Waals surface area contributed by atoms with Crippen LogP contribution < -0.4 is 36.0 Å². The zero-order chi connectivity index (χ0) is 53.9. The van der Waals surface area contributed by atoms with Crippen LogP contribution in [-0.4, -0.2) is 6.71 Å². The Kier molecular flexibility index (Phi) is 11.0. The molecule has 0 saturated carbocycles. The van der Waals surface area contributed by atoms with Gasteiger partial charge in [-0.05, 0) is 171 Å². The monoisotopic (exact) mass is 1010 g/mol. The van der Waals surface area contributed by atoms with Crippen molar-refractivity contribution in [1.29, 1.82) is 0 Å². The molecule has 0 amide bonds. The molecule has 0 saturated heterocycles. The Morgan fingerprint density at radius 3 is 1.83 bits per heavy atom. The number of nitrogens with zero attached hydrogens (tertiary/aromatic N) is 3. The molecule has 390 valence electrons. The lowest BCUT2D eigenvalue weighted by molar-refractivity contribution is 0.332. The molecule has 3 aliphatic heterocycles. The number of hydrogen-bond donors (Lipinski definition) is 0. The van der Waals surface area contributed by atoms with Gasteiger partial charge in [0.1, 0.15) is 5.58 Å². The van der Waals surface area contributed by atoms with Gasteiger partial charge in [-0.3, -0.25) is 0 Å². The van der Waals surface area contributed by atoms with Crippen molar-refractivity contribution in [1.82, 2.24) is 0 Å². The summed E-state index contributed by atoms with van der Waals surface area (Å²) in [6.45, 7) is 33.2. The zero-order valence-electron chi connectivity index (χ0n) is 48.1. The van der Waals surface area contributed by atoms with Crippen molar-refractivity contribution in [2.45, 2.75) is 151 Å². The van der Waals surface area contributed by atoms with Gasteiger partial charge in [-0.15, -0.1) is 0 Å². The SMILES string of the molecule is CC1CC(C(C)(C)C)=CC=C1N1c2cc(N3c4ccccc4Oc4ccccc43)cc3c2B(c2cc4c(cc2N3c2ccc(C(C)(C)C)cc2C2=CC=CCC2)C(C)(C)CCC4(C)C)c2oc3ccc(C(C)(C)C)cc3c21. The highest BCUT2D eigenvalue weighted by molar-refractivity contribution is 7.00. The molecule has 6 heteroatoms. The van der Waals surface area contributed by atoms with E-state index < -0.39 is 0 Å². The highest BCUT2D eigenvalue weighted by Gasteiger charge is 2.51. The Bertz CT molecular complexity index is 3710. The van der Waals surface area contributed by atoms with Crippen molar-refractivity contribution in [2.75, 3.05) is 14.7 Å². The van der Waals surface area contributed by atoms with Crippen LogP contribution in [0.3, 0.4) is 0 Å². The number of benzene rings is 6. The molecular weight excluding hydrogens is 938 g/mol. The molecule has 5 nitrogen and oxygen atoms in total. The van der Waals surface area contributed by atoms with Crippen LogP contribution in [0.25, 0.3) is 16.5 Å². The third-order valence-electron chi connectivity index (χ3n) is 18.3. The topological polar surface area (TPSA) is 32.1 Å². The first-order chi connectivity index (χ1) is 36.5. The average Bonchev–Trinajstić information content (AvgIpc) is 3.87. The summed E-state index contributed by atoms with van der Waals surface area (Å²) in [7, 11) is 0. The molecule has 3 aliphatic carbocycles. The summed E-state index contributed by atoms with van der Waals surface area (Å²) in [5.74, 6) is 1.89. The lowest BCUT2D eigenvalue weighted by atomic mass is 9.35. The van der Waals surface area contributed by atoms with Gasteiger partial charge in [0.25, 0.3) is 6.71 Å². The molecule has 1 aromatic heterocycles. The predicted octanol–water partition coefficient (Wildman–Crippen LogP) is 18.3. The Balaban J connectivity index is 1.22. The average molecular weight is 1010 g/mol. The second kappa shape index (κ2) is 17.0. The molecule has 7 aromatic rings. The van der Waals surface area contributed by atoms with Gasteiger partial charge in [-0.25, -0.2) is 0 Å². The summed E-state index contributed by atoms with van der Waals surface area (Å²) < 4.78 is 14.4. The van der Waals surface area contributed by atoms with Gasteiger partial charge in [0, 0.05) is 39.6 Å². The van der Waals surface area contributed by atoms with Crippen molar-refractivity contribution in [2.24, 2.45) is 11.3 Å². The van der Waals surface area contributed by atoms with Crippen molar-refractivity contribution in [3.05, 3.63) is 179 Å². The van der Waals surface area contributed by atoms with Crippen molar-refractivity contribution >= 4 is 85.3 Å². The number of anilines is 8. The summed E-state index contributed by atoms with van der Waals surface area (Å²) in [6.07, 6.45) is 17.1. The Hall–Kier alpha value is -6.92. The Morgan fingerprint density at radius 1 is 0.584 bits per heavy atom. The van der Waals surface area contributed by atoms with Crippen LogP contribution in [0.5, 0.6) is 11.5 Å². The number of hydrogen-bond acceptors (Lipinski definition) is 5. The summed E-state index contributed by atoms with van der Waals surface area (Å²) in [5, 5.41) is 1.16. The molecule has 1 atom stereocenters. The van der Waals surface area contributed by atoms with E-state index in [2.05, 4.69) is 251 Å². The minimum Gasteiger partial charge on any atom is -0.468 e. The lowest BCUT2D eigenvalue weighted by Gasteiger charge is -2.48. The minimum absolute atomic E-state index is 0.0218. The van der Waals surface area contributed by atoms with Crippen molar-refractivity contribution in [3.63, 3.8) is 0 Å². The van der Waals surface area contributed by atoms with Gasteiger partial charge in [-0.1, -0.05) is 169 Å². The normalized spacial score (nSPS) is 19.0. The lowest BCUT2D eigenvalue weighted by Crippen LogP contribution is -2.62. The van der Waals surface area contributed by atoms with Crippen LogP contribution in [-0.2, 0) is 21.7 Å². The number of furan rings is 1. The highest BCUT2D eigenvalue weighted by atomic mass is 16.5. The maximum Gasteiger partial charge on any atom is 0.297 e. The van der Waals surface area contributed by atoms with Gasteiger partial charge in [0.15, 0.2) is 11.5 Å². The summed E-state index contributed by atoms with van der Waals surface area (Å²) in [4.78, 5) is 7.82. The zero-order valence-corrected chi connectivity index (χ0v) is 48.1. The van der Waals surface area contributed by atoms with Crippen molar-refractivity contribution in [3.8, 4) is 11.5 Å². The number of para-hydroxylation sites is 4. The minimum atomic E-state index is -0.207. The van der Waals surface area contributed by atoms with Crippen LogP contribution in [0.15, 0.2) is 155 Å². The van der Waals surface area contributed by atoms with E-state index in [1.165, 1.54) is 78.3 Å². The van der Waals surface area contributed by atoms with E-state index in [1.807, 2.05) is 0 Å². The number of allylic oxidation sites excluding steroid dienone is 8. The van der Waals surface area contributed by atoms with Crippen LogP contribution in [0.4, 0.5) is 45.5 Å². The summed E-state index contributed by atoms with van der Waals surface area (Å²) >= 11 is 0. The standard InChI is InChI=1S/C71H76BN3O2/c1-43-36-45(67(2,3)4)28-31-54(43)75-60-40-48(73-56-24-18-20-26-62(56)76-63-27-21-19-25-57(63)73)39-59-64(60)72(66-65(75)50-38-47(69(8,9)10)30-33-61(50)77-66)53-41-51-52(71(13,14)35-34-70(51,11)12)42-58(53)74(59)55-32-29-46(68(5,6)7)37-49(55)44-22-16-15-17-23-44/h15-16,18-22,24-33,37-43H,17,23,34-36H2,1-14H3. The smallest absolute Gasteiger partial charge is 0.297 e. The molecule has 0 N–H and O–H groups in total. The van der Waals surface area contributed by atoms with Gasteiger partial charge in [-0.2, -0.15) is 0 Å². The fourth-order valence-corrected chi connectivity index (χ4v) is 13.6. The van der Waals surface area contributed by atoms with E-state index in [-0.39, 0.29) is 39.7 Å². The maximum absolute atomic E-state index is 7.64. The van der Waals surface area contributed by atoms with E-state index in [0.717, 1.165) is 83.0 Å². The third-order valence-corrected chi connectivity index (χ3v) is 18.3. The van der Waals surface area contributed by atoms with Crippen LogP contribution in [0.1, 0.15) is 157 Å². The number of ether oxygens (including phenoxy) is 1. The Labute approximate surface area is 459 Å². The first-order valence-corrected chi connectivity index (χ1v) is 28.6. The fourth-order valence-electron chi connectivity index (χ4n) is 13.6. The van der Waals surface area contributed by atoms with E-state index in [1.54, 1.807) is 0 Å². The van der Waals surface area contributed by atoms with Crippen LogP contribution in [0.2, 0.25) is 0 Å². The highest BCUT2D eigenvalue weighted by Crippen LogP contribution is 2.57. The molecule has 0 spiro atoms. The van der Waals surface area contributed by atoms with Gasteiger partial charge >= 0.3 is 0 Å². The molecule has 6 aromatic carbocycles. The molecule has 77 heavy (non-hydrogen) atoms. The molecule has 4 heterocycles. The van der Waals surface area contributed by atoms with E-state index in [4.69, 9.17) is 9.15 Å². The summed E-state index contributed by atoms with van der Waals surface area (Å²) in [5.41, 5.74) is 24.4. The van der Waals surface area contributed by atoms with Crippen LogP contribution >= 0.6 is 0 Å². The van der Waals surface area contributed by atoms with Gasteiger partial charge in [0.2, 0.25) is 0 Å². The number of rotatable bonds is 4. The first-order valence-electron chi connectivity index (χ1n) is 28.6. The molecule has 0 bridgehead atoms. The molecule has 6 aliphatic rings. The molecule has 13 rings (SSSR count). The maximum atomic E-state index is 7.64. The van der Waals surface area contributed by atoms with Crippen LogP contribution in [0, 0.1) is 11.3 Å². The second-order valence-corrected chi connectivity index (χ2v) is 27.7. The molecule has 0 radical (unpaired) electrons. The largest absolute Gasteiger partial charge is 0.468 e. The molecular formula is C71H76BN3O2. The van der Waals surface area contributed by atoms with Gasteiger partial charge < -0.3 is 23.9 Å². The van der Waals surface area contributed by atoms with Gasteiger partial charge in [0.05, 0.1) is 34.1 Å². The van der Waals surface area contributed by atoms with E-state index in [9.17, 15) is 0 Å². The van der Waals surface area contributed by atoms with E-state index >= 15 is 0 Å².